The Morgan fingerprint density at radius 1 is 1.17 bits per heavy atom. The average Bonchev–Trinajstić information content (AvgIpc) is 3.38. The van der Waals surface area contributed by atoms with Crippen molar-refractivity contribution in [2.24, 2.45) is 0 Å². The Balaban J connectivity index is 1.48. The van der Waals surface area contributed by atoms with E-state index in [1.165, 1.54) is 11.8 Å². The van der Waals surface area contributed by atoms with E-state index in [0.29, 0.717) is 35.3 Å². The summed E-state index contributed by atoms with van der Waals surface area (Å²) >= 11 is 7.34. The number of nitrogens with zero attached hydrogens (tertiary/aromatic N) is 4. The summed E-state index contributed by atoms with van der Waals surface area (Å²) in [5.41, 5.74) is 2.31. The minimum atomic E-state index is -0.00723. The lowest BCUT2D eigenvalue weighted by Crippen LogP contribution is -2.23. The first-order valence-corrected chi connectivity index (χ1v) is 11.2. The summed E-state index contributed by atoms with van der Waals surface area (Å²) in [4.78, 5) is 26.5. The molecule has 2 heterocycles. The minimum absolute atomic E-state index is 0.00723. The van der Waals surface area contributed by atoms with Gasteiger partial charge in [0.05, 0.1) is 5.75 Å². The number of hydrogen-bond acceptors (Lipinski definition) is 5. The number of aromatic nitrogens is 3. The lowest BCUT2D eigenvalue weighted by molar-refractivity contribution is -0.117. The summed E-state index contributed by atoms with van der Waals surface area (Å²) in [6.07, 6.45) is 1.42. The first kappa shape index (κ1) is 20.6. The number of carbonyl (C=O) groups excluding carboxylic acids is 2. The summed E-state index contributed by atoms with van der Waals surface area (Å²) in [6, 6.07) is 14.7. The van der Waals surface area contributed by atoms with Gasteiger partial charge in [0, 0.05) is 41.3 Å². The molecule has 0 bridgehead atoms. The van der Waals surface area contributed by atoms with E-state index >= 15 is 0 Å². The van der Waals surface area contributed by atoms with Crippen molar-refractivity contribution < 1.29 is 9.59 Å². The third kappa shape index (κ3) is 4.27. The second-order valence-corrected chi connectivity index (χ2v) is 8.35. The molecule has 0 radical (unpaired) electrons. The number of rotatable bonds is 7. The molecule has 6 nitrogen and oxygen atoms in total. The van der Waals surface area contributed by atoms with E-state index in [0.717, 1.165) is 23.5 Å². The highest BCUT2D eigenvalue weighted by Gasteiger charge is 2.22. The van der Waals surface area contributed by atoms with E-state index in [1.807, 2.05) is 47.9 Å². The third-order valence-electron chi connectivity index (χ3n) is 5.02. The number of Topliss-reactive ketones (excluding diaryl/α,β-unsaturated/α-hetero) is 1. The van der Waals surface area contributed by atoms with E-state index < -0.39 is 0 Å². The Kier molecular flexibility index (Phi) is 6.20. The molecule has 0 unspecified atom stereocenters. The number of anilines is 1. The number of ketones is 1. The maximum absolute atomic E-state index is 12.8. The molecule has 30 heavy (non-hydrogen) atoms. The zero-order chi connectivity index (χ0) is 21.1. The molecule has 4 rings (SSSR count). The molecule has 1 amide bonds. The van der Waals surface area contributed by atoms with Gasteiger partial charge in [-0.1, -0.05) is 35.5 Å². The monoisotopic (exact) mass is 440 g/mol. The van der Waals surface area contributed by atoms with Crippen LogP contribution in [-0.4, -0.2) is 38.8 Å². The highest BCUT2D eigenvalue weighted by Crippen LogP contribution is 2.27. The van der Waals surface area contributed by atoms with Gasteiger partial charge >= 0.3 is 0 Å². The second-order valence-electron chi connectivity index (χ2n) is 6.97. The maximum atomic E-state index is 12.8. The molecule has 1 aliphatic heterocycles. The Morgan fingerprint density at radius 3 is 2.67 bits per heavy atom. The van der Waals surface area contributed by atoms with Gasteiger partial charge in [-0.15, -0.1) is 10.2 Å². The number of carbonyl (C=O) groups is 2. The summed E-state index contributed by atoms with van der Waals surface area (Å²) in [7, 11) is 0. The summed E-state index contributed by atoms with van der Waals surface area (Å²) < 4.78 is 1.99. The normalized spacial score (nSPS) is 13.8. The van der Waals surface area contributed by atoms with Crippen LogP contribution in [0, 0.1) is 0 Å². The number of benzene rings is 2. The van der Waals surface area contributed by atoms with Crippen molar-refractivity contribution in [2.75, 3.05) is 17.2 Å². The standard InChI is InChI=1S/C22H21ClN4O2S/c1-2-26-21(15-8-10-17(23)11-9-15)24-25-22(26)30-14-19(28)16-5-3-6-18(13-16)27-12-4-7-20(27)29/h3,5-6,8-11,13H,2,4,7,12,14H2,1H3. The van der Waals surface area contributed by atoms with Gasteiger partial charge in [0.25, 0.3) is 0 Å². The number of thioether (sulfide) groups is 1. The van der Waals surface area contributed by atoms with Gasteiger partial charge in [0.15, 0.2) is 16.8 Å². The van der Waals surface area contributed by atoms with Gasteiger partial charge in [0.1, 0.15) is 0 Å². The lowest BCUT2D eigenvalue weighted by atomic mass is 10.1. The Morgan fingerprint density at radius 2 is 1.97 bits per heavy atom. The lowest BCUT2D eigenvalue weighted by Gasteiger charge is -2.16. The van der Waals surface area contributed by atoms with Crippen molar-refractivity contribution in [1.82, 2.24) is 14.8 Å². The Labute approximate surface area is 184 Å². The molecule has 1 aliphatic rings. The fraction of sp³-hybridized carbons (Fsp3) is 0.273. The SMILES string of the molecule is CCn1c(SCC(=O)c2cccc(N3CCCC3=O)c2)nnc1-c1ccc(Cl)cc1. The van der Waals surface area contributed by atoms with Crippen LogP contribution in [0.15, 0.2) is 53.7 Å². The molecule has 1 fully saturated rings. The van der Waals surface area contributed by atoms with Gasteiger partial charge in [-0.3, -0.25) is 9.59 Å². The largest absolute Gasteiger partial charge is 0.312 e. The van der Waals surface area contributed by atoms with Crippen LogP contribution in [-0.2, 0) is 11.3 Å². The Bertz CT molecular complexity index is 1080. The topological polar surface area (TPSA) is 68.1 Å². The van der Waals surface area contributed by atoms with Crippen LogP contribution in [0.25, 0.3) is 11.4 Å². The van der Waals surface area contributed by atoms with E-state index in [9.17, 15) is 9.59 Å². The van der Waals surface area contributed by atoms with Crippen molar-refractivity contribution in [2.45, 2.75) is 31.5 Å². The van der Waals surface area contributed by atoms with Crippen LogP contribution in [0.3, 0.4) is 0 Å². The van der Waals surface area contributed by atoms with Crippen molar-refractivity contribution in [3.63, 3.8) is 0 Å². The van der Waals surface area contributed by atoms with Gasteiger partial charge in [-0.25, -0.2) is 0 Å². The van der Waals surface area contributed by atoms with Crippen molar-refractivity contribution in [3.05, 3.63) is 59.1 Å². The third-order valence-corrected chi connectivity index (χ3v) is 6.24. The molecule has 0 atom stereocenters. The molecule has 1 saturated heterocycles. The van der Waals surface area contributed by atoms with Crippen LogP contribution < -0.4 is 4.90 Å². The Hall–Kier alpha value is -2.64. The summed E-state index contributed by atoms with van der Waals surface area (Å²) in [5.74, 6) is 1.10. The quantitative estimate of drug-likeness (QED) is 0.392. The molecule has 2 aromatic carbocycles. The highest BCUT2D eigenvalue weighted by molar-refractivity contribution is 7.99. The number of amides is 1. The van der Waals surface area contributed by atoms with E-state index in [4.69, 9.17) is 11.6 Å². The second kappa shape index (κ2) is 9.02. The fourth-order valence-corrected chi connectivity index (χ4v) is 4.50. The molecule has 0 spiro atoms. The van der Waals surface area contributed by atoms with E-state index in [1.54, 1.807) is 17.0 Å². The van der Waals surface area contributed by atoms with Crippen LogP contribution in [0.4, 0.5) is 5.69 Å². The van der Waals surface area contributed by atoms with Gasteiger partial charge in [-0.2, -0.15) is 0 Å². The molecule has 1 aromatic heterocycles. The molecule has 3 aromatic rings. The predicted molar refractivity (Wildman–Crippen MR) is 119 cm³/mol. The van der Waals surface area contributed by atoms with Crippen molar-refractivity contribution in [1.29, 1.82) is 0 Å². The van der Waals surface area contributed by atoms with Gasteiger partial charge < -0.3 is 9.47 Å². The first-order chi connectivity index (χ1) is 14.6. The van der Waals surface area contributed by atoms with Crippen molar-refractivity contribution >= 4 is 40.7 Å². The first-order valence-electron chi connectivity index (χ1n) is 9.82. The molecule has 0 saturated carbocycles. The number of hydrogen-bond donors (Lipinski definition) is 0. The zero-order valence-corrected chi connectivity index (χ0v) is 18.1. The predicted octanol–water partition coefficient (Wildman–Crippen LogP) is 4.72. The van der Waals surface area contributed by atoms with E-state index in [2.05, 4.69) is 10.2 Å². The summed E-state index contributed by atoms with van der Waals surface area (Å²) in [6.45, 7) is 3.41. The smallest absolute Gasteiger partial charge is 0.227 e. The average molecular weight is 441 g/mol. The van der Waals surface area contributed by atoms with Gasteiger partial charge in [0.2, 0.25) is 5.91 Å². The zero-order valence-electron chi connectivity index (χ0n) is 16.5. The number of halogens is 1. The molecular formula is C22H21ClN4O2S. The fourth-order valence-electron chi connectivity index (χ4n) is 3.47. The van der Waals surface area contributed by atoms with Crippen molar-refractivity contribution in [3.8, 4) is 11.4 Å². The highest BCUT2D eigenvalue weighted by atomic mass is 35.5. The molecule has 0 N–H and O–H groups in total. The van der Waals surface area contributed by atoms with Crippen LogP contribution in [0.5, 0.6) is 0 Å². The van der Waals surface area contributed by atoms with Crippen LogP contribution in [0.2, 0.25) is 5.02 Å². The van der Waals surface area contributed by atoms with Gasteiger partial charge in [-0.05, 0) is 49.7 Å². The van der Waals surface area contributed by atoms with E-state index in [-0.39, 0.29) is 17.4 Å². The minimum Gasteiger partial charge on any atom is -0.312 e. The van der Waals surface area contributed by atoms with Crippen LogP contribution in [0.1, 0.15) is 30.1 Å². The molecular weight excluding hydrogens is 420 g/mol. The summed E-state index contributed by atoms with van der Waals surface area (Å²) in [5, 5.41) is 9.95. The molecule has 8 heteroatoms. The molecule has 0 aliphatic carbocycles. The van der Waals surface area contributed by atoms with Crippen LogP contribution >= 0.6 is 23.4 Å². The molecule has 154 valence electrons. The maximum Gasteiger partial charge on any atom is 0.227 e.